The molecule has 0 saturated heterocycles. The molecule has 1 aromatic rings. The van der Waals surface area contributed by atoms with Crippen LogP contribution in [0.2, 0.25) is 0 Å². The second-order valence-corrected chi connectivity index (χ2v) is 3.59. The molecule has 0 bridgehead atoms. The molecule has 0 aliphatic heterocycles. The molecule has 0 aliphatic rings. The molecule has 90 valence electrons. The number of nitrogens with zero attached hydrogens (tertiary/aromatic N) is 1. The van der Waals surface area contributed by atoms with E-state index in [4.69, 9.17) is 4.74 Å². The van der Waals surface area contributed by atoms with Crippen LogP contribution in [0.4, 0.5) is 10.2 Å². The zero-order valence-electron chi connectivity index (χ0n) is 9.71. The van der Waals surface area contributed by atoms with Crippen LogP contribution in [0.25, 0.3) is 0 Å². The predicted octanol–water partition coefficient (Wildman–Crippen LogP) is 2.84. The maximum atomic E-state index is 12.7. The third kappa shape index (κ3) is 5.66. The van der Waals surface area contributed by atoms with Gasteiger partial charge >= 0.3 is 0 Å². The van der Waals surface area contributed by atoms with Crippen molar-refractivity contribution >= 4 is 5.82 Å². The third-order valence-electron chi connectivity index (χ3n) is 2.13. The smallest absolute Gasteiger partial charge is 0.214 e. The lowest BCUT2D eigenvalue weighted by Gasteiger charge is -2.05. The second-order valence-electron chi connectivity index (χ2n) is 3.59. The van der Waals surface area contributed by atoms with Crippen molar-refractivity contribution < 1.29 is 9.13 Å². The molecule has 0 radical (unpaired) electrons. The standard InChI is InChI=1S/C12H19FN2O/c1-2-3-9-16-10-5-8-14-12-7-4-6-11(13)15-12/h4,6-7H,2-3,5,8-10H2,1H3,(H,14,15). The average Bonchev–Trinajstić information content (AvgIpc) is 2.28. The Bertz CT molecular complexity index is 294. The van der Waals surface area contributed by atoms with Crippen LogP contribution in [0.3, 0.4) is 0 Å². The van der Waals surface area contributed by atoms with Gasteiger partial charge in [0.25, 0.3) is 0 Å². The molecule has 0 amide bonds. The van der Waals surface area contributed by atoms with Crippen molar-refractivity contribution in [3.05, 3.63) is 24.1 Å². The van der Waals surface area contributed by atoms with Crippen LogP contribution in [0.1, 0.15) is 26.2 Å². The summed E-state index contributed by atoms with van der Waals surface area (Å²) in [7, 11) is 0. The van der Waals surface area contributed by atoms with Gasteiger partial charge in [-0.2, -0.15) is 4.39 Å². The van der Waals surface area contributed by atoms with E-state index in [0.717, 1.165) is 39.0 Å². The third-order valence-corrected chi connectivity index (χ3v) is 2.13. The number of hydrogen-bond donors (Lipinski definition) is 1. The Balaban J connectivity index is 2.03. The first-order chi connectivity index (χ1) is 7.83. The fourth-order valence-electron chi connectivity index (χ4n) is 1.25. The molecule has 0 atom stereocenters. The van der Waals surface area contributed by atoms with Crippen molar-refractivity contribution in [1.82, 2.24) is 4.98 Å². The van der Waals surface area contributed by atoms with Gasteiger partial charge in [0, 0.05) is 19.8 Å². The number of halogens is 1. The molecule has 4 heteroatoms. The number of pyridine rings is 1. The van der Waals surface area contributed by atoms with Crippen LogP contribution in [-0.4, -0.2) is 24.7 Å². The van der Waals surface area contributed by atoms with Gasteiger partial charge in [0.1, 0.15) is 5.82 Å². The van der Waals surface area contributed by atoms with Gasteiger partial charge in [-0.15, -0.1) is 0 Å². The lowest BCUT2D eigenvalue weighted by Crippen LogP contribution is -2.07. The summed E-state index contributed by atoms with van der Waals surface area (Å²) in [6.45, 7) is 4.46. The normalized spacial score (nSPS) is 10.4. The Morgan fingerprint density at radius 1 is 1.31 bits per heavy atom. The van der Waals surface area contributed by atoms with E-state index in [1.54, 1.807) is 12.1 Å². The van der Waals surface area contributed by atoms with Crippen molar-refractivity contribution in [2.45, 2.75) is 26.2 Å². The fraction of sp³-hybridized carbons (Fsp3) is 0.583. The highest BCUT2D eigenvalue weighted by atomic mass is 19.1. The molecule has 3 nitrogen and oxygen atoms in total. The van der Waals surface area contributed by atoms with E-state index in [2.05, 4.69) is 17.2 Å². The van der Waals surface area contributed by atoms with Gasteiger partial charge in [-0.3, -0.25) is 0 Å². The van der Waals surface area contributed by atoms with Crippen molar-refractivity contribution in [1.29, 1.82) is 0 Å². The molecule has 1 aromatic heterocycles. The predicted molar refractivity (Wildman–Crippen MR) is 63.0 cm³/mol. The highest BCUT2D eigenvalue weighted by Crippen LogP contribution is 2.03. The summed E-state index contributed by atoms with van der Waals surface area (Å²) in [5, 5.41) is 3.05. The Morgan fingerprint density at radius 2 is 2.12 bits per heavy atom. The Kier molecular flexibility index (Phi) is 6.49. The number of anilines is 1. The van der Waals surface area contributed by atoms with Crippen molar-refractivity contribution in [2.24, 2.45) is 0 Å². The molecular formula is C12H19FN2O. The van der Waals surface area contributed by atoms with E-state index in [9.17, 15) is 4.39 Å². The van der Waals surface area contributed by atoms with Crippen molar-refractivity contribution in [3.8, 4) is 0 Å². The van der Waals surface area contributed by atoms with Gasteiger partial charge in [0.2, 0.25) is 5.95 Å². The van der Waals surface area contributed by atoms with E-state index in [1.165, 1.54) is 6.07 Å². The largest absolute Gasteiger partial charge is 0.381 e. The van der Waals surface area contributed by atoms with Crippen LogP contribution >= 0.6 is 0 Å². The van der Waals surface area contributed by atoms with Gasteiger partial charge < -0.3 is 10.1 Å². The van der Waals surface area contributed by atoms with Crippen LogP contribution in [0.5, 0.6) is 0 Å². The van der Waals surface area contributed by atoms with Gasteiger partial charge in [0.05, 0.1) is 0 Å². The Hall–Kier alpha value is -1.16. The summed E-state index contributed by atoms with van der Waals surface area (Å²) in [4.78, 5) is 3.70. The Labute approximate surface area is 96.0 Å². The maximum absolute atomic E-state index is 12.7. The zero-order valence-corrected chi connectivity index (χ0v) is 9.71. The minimum absolute atomic E-state index is 0.454. The van der Waals surface area contributed by atoms with Gasteiger partial charge in [0.15, 0.2) is 0 Å². The SMILES string of the molecule is CCCCOCCCNc1cccc(F)n1. The van der Waals surface area contributed by atoms with E-state index < -0.39 is 5.95 Å². The molecule has 16 heavy (non-hydrogen) atoms. The molecule has 1 N–H and O–H groups in total. The molecule has 0 saturated carbocycles. The number of unbranched alkanes of at least 4 members (excludes halogenated alkanes) is 1. The summed E-state index contributed by atoms with van der Waals surface area (Å²) in [5.41, 5.74) is 0. The molecule has 0 fully saturated rings. The van der Waals surface area contributed by atoms with Crippen molar-refractivity contribution in [2.75, 3.05) is 25.1 Å². The number of nitrogens with one attached hydrogen (secondary N) is 1. The Morgan fingerprint density at radius 3 is 2.88 bits per heavy atom. The summed E-state index contributed by atoms with van der Waals surface area (Å²) in [6.07, 6.45) is 3.17. The molecule has 0 aromatic carbocycles. The second kappa shape index (κ2) is 8.05. The summed E-state index contributed by atoms with van der Waals surface area (Å²) >= 11 is 0. The lowest BCUT2D eigenvalue weighted by atomic mass is 10.3. The van der Waals surface area contributed by atoms with Gasteiger partial charge in [-0.1, -0.05) is 19.4 Å². The van der Waals surface area contributed by atoms with Gasteiger partial charge in [-0.05, 0) is 25.0 Å². The zero-order chi connectivity index (χ0) is 11.6. The topological polar surface area (TPSA) is 34.1 Å². The quantitative estimate of drug-likeness (QED) is 0.546. The highest BCUT2D eigenvalue weighted by molar-refractivity contribution is 5.33. The van der Waals surface area contributed by atoms with Crippen LogP contribution in [0, 0.1) is 5.95 Å². The maximum Gasteiger partial charge on any atom is 0.214 e. The van der Waals surface area contributed by atoms with Gasteiger partial charge in [-0.25, -0.2) is 4.98 Å². The van der Waals surface area contributed by atoms with E-state index in [0.29, 0.717) is 5.82 Å². The highest BCUT2D eigenvalue weighted by Gasteiger charge is 1.95. The fourth-order valence-corrected chi connectivity index (χ4v) is 1.25. The number of rotatable bonds is 8. The first-order valence-electron chi connectivity index (χ1n) is 5.77. The number of ether oxygens (including phenoxy) is 1. The molecule has 0 unspecified atom stereocenters. The lowest BCUT2D eigenvalue weighted by molar-refractivity contribution is 0.131. The van der Waals surface area contributed by atoms with E-state index in [1.807, 2.05) is 0 Å². The molecular weight excluding hydrogens is 207 g/mol. The monoisotopic (exact) mass is 226 g/mol. The molecule has 1 heterocycles. The van der Waals surface area contributed by atoms with E-state index in [-0.39, 0.29) is 0 Å². The molecule has 0 spiro atoms. The van der Waals surface area contributed by atoms with E-state index >= 15 is 0 Å². The number of aromatic nitrogens is 1. The summed E-state index contributed by atoms with van der Waals surface area (Å²) in [6, 6.07) is 4.72. The summed E-state index contributed by atoms with van der Waals surface area (Å²) < 4.78 is 18.1. The first kappa shape index (κ1) is 12.9. The minimum Gasteiger partial charge on any atom is -0.381 e. The van der Waals surface area contributed by atoms with Crippen LogP contribution in [0.15, 0.2) is 18.2 Å². The summed E-state index contributed by atoms with van der Waals surface area (Å²) in [5.74, 6) is 0.123. The van der Waals surface area contributed by atoms with Crippen molar-refractivity contribution in [3.63, 3.8) is 0 Å². The number of hydrogen-bond acceptors (Lipinski definition) is 3. The van der Waals surface area contributed by atoms with Crippen LogP contribution < -0.4 is 5.32 Å². The molecule has 1 rings (SSSR count). The minimum atomic E-state index is -0.454. The molecule has 0 aliphatic carbocycles. The first-order valence-corrected chi connectivity index (χ1v) is 5.77. The van der Waals surface area contributed by atoms with Crippen LogP contribution in [-0.2, 0) is 4.74 Å². The average molecular weight is 226 g/mol.